The van der Waals surface area contributed by atoms with Crippen molar-refractivity contribution in [3.63, 3.8) is 0 Å². The number of carbonyl (C=O) groups excluding carboxylic acids is 1. The van der Waals surface area contributed by atoms with Gasteiger partial charge in [-0.1, -0.05) is 30.0 Å². The first-order chi connectivity index (χ1) is 11.1. The quantitative estimate of drug-likeness (QED) is 0.640. The van der Waals surface area contributed by atoms with E-state index in [0.717, 1.165) is 18.5 Å². The molecule has 2 heterocycles. The zero-order chi connectivity index (χ0) is 16.4. The number of hydrogen-bond donors (Lipinski definition) is 0. The molecule has 120 valence electrons. The number of fused-ring (bicyclic) bond motifs is 1. The molecule has 0 unspecified atom stereocenters. The molecule has 23 heavy (non-hydrogen) atoms. The van der Waals surface area contributed by atoms with E-state index in [1.54, 1.807) is 11.8 Å². The van der Waals surface area contributed by atoms with Gasteiger partial charge in [-0.15, -0.1) is 0 Å². The monoisotopic (exact) mass is 329 g/mol. The summed E-state index contributed by atoms with van der Waals surface area (Å²) < 4.78 is 1.46. The van der Waals surface area contributed by atoms with E-state index in [-0.39, 0.29) is 18.0 Å². The summed E-state index contributed by atoms with van der Waals surface area (Å²) in [6.07, 6.45) is 3.79. The molecule has 0 N–H and O–H groups in total. The molecule has 0 fully saturated rings. The van der Waals surface area contributed by atoms with Crippen molar-refractivity contribution in [1.29, 1.82) is 0 Å². The molecule has 0 spiro atoms. The van der Waals surface area contributed by atoms with Gasteiger partial charge in [-0.25, -0.2) is 4.98 Å². The molecule has 1 aliphatic heterocycles. The van der Waals surface area contributed by atoms with Crippen LogP contribution in [-0.4, -0.2) is 28.3 Å². The maximum Gasteiger partial charge on any atom is 0.254 e. The molecule has 1 amide bonds. The Kier molecular flexibility index (Phi) is 4.52. The summed E-state index contributed by atoms with van der Waals surface area (Å²) in [6, 6.07) is 9.43. The first-order valence-corrected chi connectivity index (χ1v) is 8.83. The standard InChI is InChI=1S/C17H19N3O2S/c1-12-10-15(21)20(17(18-12)23-2)11-16(22)19-9-5-7-13-6-3-4-8-14(13)19/h3-4,6,8,10H,5,7,9,11H2,1-2H3. The maximum atomic E-state index is 12.8. The second-order valence-corrected chi connectivity index (χ2v) is 6.36. The summed E-state index contributed by atoms with van der Waals surface area (Å²) in [7, 11) is 0. The van der Waals surface area contributed by atoms with Crippen LogP contribution in [-0.2, 0) is 17.8 Å². The lowest BCUT2D eigenvalue weighted by atomic mass is 10.0. The summed E-state index contributed by atoms with van der Waals surface area (Å²) in [6.45, 7) is 2.50. The second kappa shape index (κ2) is 6.58. The molecule has 5 nitrogen and oxygen atoms in total. The van der Waals surface area contributed by atoms with Crippen LogP contribution < -0.4 is 10.5 Å². The number of amides is 1. The predicted octanol–water partition coefficient (Wildman–Crippen LogP) is 2.25. The van der Waals surface area contributed by atoms with Crippen LogP contribution in [0.2, 0.25) is 0 Å². The third kappa shape index (κ3) is 3.17. The number of aromatic nitrogens is 2. The number of rotatable bonds is 3. The number of thioether (sulfide) groups is 1. The highest BCUT2D eigenvalue weighted by molar-refractivity contribution is 7.98. The molecule has 1 aromatic heterocycles. The van der Waals surface area contributed by atoms with E-state index in [1.807, 2.05) is 24.5 Å². The van der Waals surface area contributed by atoms with Crippen molar-refractivity contribution >= 4 is 23.4 Å². The highest BCUT2D eigenvalue weighted by atomic mass is 32.2. The Labute approximate surface area is 139 Å². The molecular formula is C17H19N3O2S. The molecule has 0 bridgehead atoms. The van der Waals surface area contributed by atoms with Gasteiger partial charge < -0.3 is 4.90 Å². The van der Waals surface area contributed by atoms with Gasteiger partial charge in [0.25, 0.3) is 5.56 Å². The van der Waals surface area contributed by atoms with Crippen molar-refractivity contribution in [3.8, 4) is 0 Å². The smallest absolute Gasteiger partial charge is 0.254 e. The summed E-state index contributed by atoms with van der Waals surface area (Å²) >= 11 is 1.38. The number of aryl methyl sites for hydroxylation is 2. The van der Waals surface area contributed by atoms with Crippen molar-refractivity contribution < 1.29 is 4.79 Å². The largest absolute Gasteiger partial charge is 0.311 e. The number of para-hydroxylation sites is 1. The minimum absolute atomic E-state index is 0.0244. The van der Waals surface area contributed by atoms with Crippen LogP contribution in [0.3, 0.4) is 0 Å². The minimum atomic E-state index is -0.180. The van der Waals surface area contributed by atoms with Gasteiger partial charge in [0.05, 0.1) is 0 Å². The van der Waals surface area contributed by atoms with E-state index in [1.165, 1.54) is 28.0 Å². The Morgan fingerprint density at radius 1 is 1.35 bits per heavy atom. The van der Waals surface area contributed by atoms with E-state index < -0.39 is 0 Å². The second-order valence-electron chi connectivity index (χ2n) is 5.59. The van der Waals surface area contributed by atoms with E-state index in [2.05, 4.69) is 11.1 Å². The van der Waals surface area contributed by atoms with Crippen molar-refractivity contribution in [2.45, 2.75) is 31.5 Å². The van der Waals surface area contributed by atoms with Crippen LogP contribution in [0.4, 0.5) is 5.69 Å². The minimum Gasteiger partial charge on any atom is -0.311 e. The lowest BCUT2D eigenvalue weighted by molar-refractivity contribution is -0.119. The van der Waals surface area contributed by atoms with Gasteiger partial charge in [-0.05, 0) is 37.7 Å². The lowest BCUT2D eigenvalue weighted by Gasteiger charge is -2.29. The average molecular weight is 329 g/mol. The lowest BCUT2D eigenvalue weighted by Crippen LogP contribution is -2.40. The third-order valence-corrected chi connectivity index (χ3v) is 4.67. The van der Waals surface area contributed by atoms with Crippen molar-refractivity contribution in [2.24, 2.45) is 0 Å². The van der Waals surface area contributed by atoms with E-state index in [0.29, 0.717) is 17.4 Å². The van der Waals surface area contributed by atoms with Crippen molar-refractivity contribution in [1.82, 2.24) is 9.55 Å². The normalized spacial score (nSPS) is 13.7. The SMILES string of the molecule is CSc1nc(C)cc(=O)n1CC(=O)N1CCCc2ccccc21. The van der Waals surface area contributed by atoms with Crippen LogP contribution in [0.15, 0.2) is 40.3 Å². The molecule has 3 rings (SSSR count). The maximum absolute atomic E-state index is 12.8. The Hall–Kier alpha value is -2.08. The number of anilines is 1. The fraction of sp³-hybridized carbons (Fsp3) is 0.353. The van der Waals surface area contributed by atoms with Gasteiger partial charge in [0.2, 0.25) is 5.91 Å². The van der Waals surface area contributed by atoms with Gasteiger partial charge in [0.1, 0.15) is 6.54 Å². The van der Waals surface area contributed by atoms with E-state index >= 15 is 0 Å². The topological polar surface area (TPSA) is 55.2 Å². The predicted molar refractivity (Wildman–Crippen MR) is 92.1 cm³/mol. The Balaban J connectivity index is 1.91. The fourth-order valence-corrected chi connectivity index (χ4v) is 3.52. The van der Waals surface area contributed by atoms with E-state index in [9.17, 15) is 9.59 Å². The first-order valence-electron chi connectivity index (χ1n) is 7.61. The van der Waals surface area contributed by atoms with Crippen molar-refractivity contribution in [3.05, 3.63) is 51.9 Å². The highest BCUT2D eigenvalue weighted by Gasteiger charge is 2.23. The molecule has 2 aromatic rings. The van der Waals surface area contributed by atoms with Gasteiger partial charge >= 0.3 is 0 Å². The zero-order valence-corrected chi connectivity index (χ0v) is 14.1. The summed E-state index contributed by atoms with van der Waals surface area (Å²) in [5, 5.41) is 0.577. The molecule has 0 aliphatic carbocycles. The summed E-state index contributed by atoms with van der Waals surface area (Å²) in [5.74, 6) is -0.0693. The summed E-state index contributed by atoms with van der Waals surface area (Å²) in [5.41, 5.74) is 2.64. The molecule has 0 saturated heterocycles. The molecule has 6 heteroatoms. The van der Waals surface area contributed by atoms with Gasteiger partial charge in [-0.2, -0.15) is 0 Å². The van der Waals surface area contributed by atoms with E-state index in [4.69, 9.17) is 0 Å². The molecular weight excluding hydrogens is 310 g/mol. The average Bonchev–Trinajstić information content (AvgIpc) is 2.56. The van der Waals surface area contributed by atoms with Crippen LogP contribution >= 0.6 is 11.8 Å². The van der Waals surface area contributed by atoms with Crippen LogP contribution in [0.1, 0.15) is 17.7 Å². The molecule has 0 radical (unpaired) electrons. The van der Waals surface area contributed by atoms with Crippen LogP contribution in [0.25, 0.3) is 0 Å². The zero-order valence-electron chi connectivity index (χ0n) is 13.3. The Morgan fingerprint density at radius 3 is 2.91 bits per heavy atom. The molecule has 1 aromatic carbocycles. The van der Waals surface area contributed by atoms with Gasteiger partial charge in [-0.3, -0.25) is 14.2 Å². The van der Waals surface area contributed by atoms with Crippen molar-refractivity contribution in [2.75, 3.05) is 17.7 Å². The number of benzene rings is 1. The molecule has 0 atom stereocenters. The first kappa shape index (κ1) is 15.8. The number of hydrogen-bond acceptors (Lipinski definition) is 4. The Bertz CT molecular complexity index is 801. The van der Waals surface area contributed by atoms with Gasteiger partial charge in [0, 0.05) is 24.0 Å². The third-order valence-electron chi connectivity index (χ3n) is 3.99. The number of carbonyl (C=O) groups is 1. The number of nitrogens with zero attached hydrogens (tertiary/aromatic N) is 3. The highest BCUT2D eigenvalue weighted by Crippen LogP contribution is 2.27. The Morgan fingerprint density at radius 2 is 2.13 bits per heavy atom. The summed E-state index contributed by atoms with van der Waals surface area (Å²) in [4.78, 5) is 31.1. The van der Waals surface area contributed by atoms with Crippen LogP contribution in [0, 0.1) is 6.92 Å². The van der Waals surface area contributed by atoms with Crippen LogP contribution in [0.5, 0.6) is 0 Å². The fourth-order valence-electron chi connectivity index (χ4n) is 2.91. The van der Waals surface area contributed by atoms with Gasteiger partial charge in [0.15, 0.2) is 5.16 Å². The molecule has 0 saturated carbocycles. The molecule has 1 aliphatic rings.